The van der Waals surface area contributed by atoms with Crippen LogP contribution in [-0.4, -0.2) is 40.5 Å². The minimum Gasteiger partial charge on any atom is -0.396 e. The molecular weight excluding hydrogens is 442 g/mol. The van der Waals surface area contributed by atoms with Crippen molar-refractivity contribution < 1.29 is 32.3 Å². The highest BCUT2D eigenvalue weighted by Gasteiger charge is 2.59. The van der Waals surface area contributed by atoms with Crippen LogP contribution in [0.5, 0.6) is 0 Å². The molecule has 1 saturated heterocycles. The van der Waals surface area contributed by atoms with E-state index >= 15 is 0 Å². The van der Waals surface area contributed by atoms with E-state index in [4.69, 9.17) is 5.26 Å². The van der Waals surface area contributed by atoms with Crippen molar-refractivity contribution in [2.75, 3.05) is 18.1 Å². The van der Waals surface area contributed by atoms with Gasteiger partial charge in [0.05, 0.1) is 22.9 Å². The zero-order chi connectivity index (χ0) is 24.0. The summed E-state index contributed by atoms with van der Waals surface area (Å²) in [4.78, 5) is 29.0. The number of benzene rings is 2. The van der Waals surface area contributed by atoms with Gasteiger partial charge in [-0.3, -0.25) is 14.5 Å². The van der Waals surface area contributed by atoms with Crippen LogP contribution in [0.3, 0.4) is 0 Å². The van der Waals surface area contributed by atoms with Crippen LogP contribution >= 0.6 is 0 Å². The predicted molar refractivity (Wildman–Crippen MR) is 108 cm³/mol. The lowest BCUT2D eigenvalue weighted by molar-refractivity contribution is -0.163. The molecule has 1 heterocycles. The van der Waals surface area contributed by atoms with Gasteiger partial charge in [0.1, 0.15) is 17.9 Å². The Morgan fingerprint density at radius 3 is 2.33 bits per heavy atom. The summed E-state index contributed by atoms with van der Waals surface area (Å²) in [6.07, 6.45) is -4.18. The Balaban J connectivity index is 1.65. The summed E-state index contributed by atoms with van der Waals surface area (Å²) in [6.45, 7) is -0.735. The standard InChI is InChI=1S/C23H19F4N3O3/c24-18-7-15(10-28)3-6-19(18)29-12-20(32)30(22(21(29)33)8-16(9-22)13-31)11-14-1-4-17(5-2-14)23(25,26)27/h1-7,16,31H,8-9,11-13H2/t16-,22+. The Morgan fingerprint density at radius 1 is 1.12 bits per heavy atom. The Labute approximate surface area is 186 Å². The van der Waals surface area contributed by atoms with Gasteiger partial charge in [-0.1, -0.05) is 12.1 Å². The fourth-order valence-electron chi connectivity index (χ4n) is 4.53. The normalized spacial score (nSPS) is 23.0. The first-order chi connectivity index (χ1) is 15.6. The van der Waals surface area contributed by atoms with Gasteiger partial charge in [-0.15, -0.1) is 0 Å². The minimum atomic E-state index is -4.50. The lowest BCUT2D eigenvalue weighted by Gasteiger charge is -2.56. The molecule has 2 aliphatic rings. The van der Waals surface area contributed by atoms with Gasteiger partial charge in [0.25, 0.3) is 5.91 Å². The molecule has 0 bridgehead atoms. The molecule has 1 aliphatic carbocycles. The van der Waals surface area contributed by atoms with Gasteiger partial charge in [0, 0.05) is 13.2 Å². The average molecular weight is 461 g/mol. The molecule has 33 heavy (non-hydrogen) atoms. The zero-order valence-electron chi connectivity index (χ0n) is 17.3. The highest BCUT2D eigenvalue weighted by molar-refractivity contribution is 6.09. The number of hydrogen-bond donors (Lipinski definition) is 1. The van der Waals surface area contributed by atoms with Gasteiger partial charge >= 0.3 is 6.18 Å². The number of hydrogen-bond acceptors (Lipinski definition) is 4. The molecule has 2 aromatic carbocycles. The Morgan fingerprint density at radius 2 is 1.79 bits per heavy atom. The van der Waals surface area contributed by atoms with E-state index < -0.39 is 41.5 Å². The Kier molecular flexibility index (Phi) is 5.62. The maximum Gasteiger partial charge on any atom is 0.416 e. The summed E-state index contributed by atoms with van der Waals surface area (Å²) in [5, 5.41) is 18.4. The Bertz CT molecular complexity index is 1140. The SMILES string of the molecule is N#Cc1ccc(N2CC(=O)N(Cc3ccc(C(F)(F)F)cc3)[C@]3(C[C@@H](CO)C3)C2=O)c(F)c1. The summed E-state index contributed by atoms with van der Waals surface area (Å²) >= 11 is 0. The van der Waals surface area contributed by atoms with E-state index in [1.807, 2.05) is 0 Å². The number of aliphatic hydroxyl groups is 1. The van der Waals surface area contributed by atoms with Crippen molar-refractivity contribution in [1.29, 1.82) is 5.26 Å². The molecule has 0 unspecified atom stereocenters. The number of amides is 2. The molecule has 10 heteroatoms. The second-order valence-corrected chi connectivity index (χ2v) is 8.33. The van der Waals surface area contributed by atoms with Crippen molar-refractivity contribution in [3.05, 3.63) is 65.0 Å². The number of carbonyl (C=O) groups is 2. The topological polar surface area (TPSA) is 84.6 Å². The molecule has 2 amide bonds. The Hall–Kier alpha value is -3.45. The van der Waals surface area contributed by atoms with E-state index in [1.54, 1.807) is 6.07 Å². The van der Waals surface area contributed by atoms with Crippen molar-refractivity contribution in [2.24, 2.45) is 5.92 Å². The monoisotopic (exact) mass is 461 g/mol. The van der Waals surface area contributed by atoms with Crippen LogP contribution in [0.2, 0.25) is 0 Å². The van der Waals surface area contributed by atoms with Crippen LogP contribution in [0, 0.1) is 23.1 Å². The molecule has 1 saturated carbocycles. The first kappa shape index (κ1) is 22.7. The van der Waals surface area contributed by atoms with Gasteiger partial charge in [0.15, 0.2) is 0 Å². The second-order valence-electron chi connectivity index (χ2n) is 8.33. The number of rotatable bonds is 4. The highest BCUT2D eigenvalue weighted by atomic mass is 19.4. The van der Waals surface area contributed by atoms with Crippen LogP contribution in [0.25, 0.3) is 0 Å². The summed E-state index contributed by atoms with van der Waals surface area (Å²) in [5.74, 6) is -2.07. The molecular formula is C23H19F4N3O3. The second kappa shape index (κ2) is 8.15. The molecule has 2 aromatic rings. The fourth-order valence-corrected chi connectivity index (χ4v) is 4.53. The van der Waals surface area contributed by atoms with Gasteiger partial charge in [-0.05, 0) is 54.7 Å². The predicted octanol–water partition coefficient (Wildman–Crippen LogP) is 3.23. The molecule has 0 atom stereocenters. The van der Waals surface area contributed by atoms with Gasteiger partial charge < -0.3 is 10.0 Å². The fraction of sp³-hybridized carbons (Fsp3) is 0.348. The first-order valence-electron chi connectivity index (χ1n) is 10.2. The quantitative estimate of drug-likeness (QED) is 0.709. The first-order valence-corrected chi connectivity index (χ1v) is 10.2. The molecule has 1 spiro atoms. The zero-order valence-corrected chi connectivity index (χ0v) is 17.3. The molecule has 4 rings (SSSR count). The summed E-state index contributed by atoms with van der Waals surface area (Å²) in [6, 6.07) is 9.71. The smallest absolute Gasteiger partial charge is 0.396 e. The van der Waals surface area contributed by atoms with Gasteiger partial charge in [0.2, 0.25) is 5.91 Å². The third-order valence-electron chi connectivity index (χ3n) is 6.25. The molecule has 0 radical (unpaired) electrons. The molecule has 172 valence electrons. The van der Waals surface area contributed by atoms with Gasteiger partial charge in [-0.2, -0.15) is 18.4 Å². The highest BCUT2D eigenvalue weighted by Crippen LogP contribution is 2.47. The third kappa shape index (κ3) is 3.93. The maximum absolute atomic E-state index is 14.6. The molecule has 6 nitrogen and oxygen atoms in total. The number of nitrogens with zero attached hydrogens (tertiary/aromatic N) is 3. The van der Waals surface area contributed by atoms with E-state index in [2.05, 4.69) is 0 Å². The van der Waals surface area contributed by atoms with Crippen LogP contribution in [0.15, 0.2) is 42.5 Å². The lowest BCUT2D eigenvalue weighted by Crippen LogP contribution is -2.73. The maximum atomic E-state index is 14.6. The summed E-state index contributed by atoms with van der Waals surface area (Å²) in [5.41, 5.74) is -1.81. The number of piperazine rings is 1. The van der Waals surface area contributed by atoms with Crippen LogP contribution in [0.4, 0.5) is 23.2 Å². The van der Waals surface area contributed by atoms with Crippen LogP contribution in [0.1, 0.15) is 29.5 Å². The van der Waals surface area contributed by atoms with Crippen molar-refractivity contribution in [3.8, 4) is 6.07 Å². The lowest BCUT2D eigenvalue weighted by atomic mass is 9.65. The summed E-state index contributed by atoms with van der Waals surface area (Å²) in [7, 11) is 0. The van der Waals surface area contributed by atoms with E-state index in [0.29, 0.717) is 5.56 Å². The van der Waals surface area contributed by atoms with Crippen molar-refractivity contribution in [1.82, 2.24) is 4.90 Å². The number of nitriles is 1. The minimum absolute atomic E-state index is 0.0645. The van der Waals surface area contributed by atoms with E-state index in [9.17, 15) is 32.3 Å². The van der Waals surface area contributed by atoms with E-state index in [1.165, 1.54) is 29.2 Å². The van der Waals surface area contributed by atoms with Crippen molar-refractivity contribution >= 4 is 17.5 Å². The molecule has 1 aliphatic heterocycles. The third-order valence-corrected chi connectivity index (χ3v) is 6.25. The largest absolute Gasteiger partial charge is 0.416 e. The average Bonchev–Trinajstić information content (AvgIpc) is 2.75. The molecule has 0 aromatic heterocycles. The van der Waals surface area contributed by atoms with Gasteiger partial charge in [-0.25, -0.2) is 4.39 Å². The molecule has 2 fully saturated rings. The number of aliphatic hydroxyl groups excluding tert-OH is 1. The number of carbonyl (C=O) groups excluding carboxylic acids is 2. The van der Waals surface area contributed by atoms with Crippen molar-refractivity contribution in [2.45, 2.75) is 31.1 Å². The van der Waals surface area contributed by atoms with Crippen LogP contribution in [-0.2, 0) is 22.3 Å². The van der Waals surface area contributed by atoms with E-state index in [-0.39, 0.29) is 43.2 Å². The van der Waals surface area contributed by atoms with E-state index in [0.717, 1.165) is 23.1 Å². The molecule has 1 N–H and O–H groups in total. The van der Waals surface area contributed by atoms with Crippen molar-refractivity contribution in [3.63, 3.8) is 0 Å². The van der Waals surface area contributed by atoms with Crippen LogP contribution < -0.4 is 4.90 Å². The number of anilines is 1. The summed E-state index contributed by atoms with van der Waals surface area (Å²) < 4.78 is 53.2. The number of halogens is 4. The number of alkyl halides is 3.